The number of hydrogen-bond acceptors (Lipinski definition) is 3. The molecule has 0 fully saturated rings. The van der Waals surface area contributed by atoms with Gasteiger partial charge < -0.3 is 5.32 Å². The highest BCUT2D eigenvalue weighted by molar-refractivity contribution is 7.94. The monoisotopic (exact) mass is 350 g/mol. The number of para-hydroxylation sites is 1. The quantitative estimate of drug-likeness (QED) is 0.884. The van der Waals surface area contributed by atoms with Crippen LogP contribution in [0.3, 0.4) is 0 Å². The van der Waals surface area contributed by atoms with E-state index in [2.05, 4.69) is 10.0 Å². The van der Waals surface area contributed by atoms with E-state index in [1.807, 2.05) is 0 Å². The van der Waals surface area contributed by atoms with E-state index in [9.17, 15) is 17.6 Å². The van der Waals surface area contributed by atoms with Crippen molar-refractivity contribution in [2.24, 2.45) is 0 Å². The van der Waals surface area contributed by atoms with Crippen LogP contribution in [-0.2, 0) is 10.0 Å². The maximum atomic E-state index is 13.5. The average Bonchev–Trinajstić information content (AvgIpc) is 2.48. The second-order valence-corrected chi connectivity index (χ2v) is 8.66. The molecular weight excluding hydrogens is 331 g/mol. The van der Waals surface area contributed by atoms with Gasteiger partial charge in [-0.3, -0.25) is 9.52 Å². The number of anilines is 2. The Balaban J connectivity index is 2.12. The molecule has 0 spiro atoms. The summed E-state index contributed by atoms with van der Waals surface area (Å²) < 4.78 is 39.2. The second kappa shape index (κ2) is 6.60. The van der Waals surface area contributed by atoms with Crippen LogP contribution >= 0.6 is 0 Å². The minimum atomic E-state index is -3.54. The maximum Gasteiger partial charge on any atom is 0.255 e. The Labute approximate surface area is 141 Å². The number of amides is 1. The number of carbonyl (C=O) groups excluding carboxylic acids is 1. The molecular formula is C17H19FN2O3S. The lowest BCUT2D eigenvalue weighted by Gasteiger charge is -2.20. The van der Waals surface area contributed by atoms with Gasteiger partial charge in [0.05, 0.1) is 10.4 Å². The van der Waals surface area contributed by atoms with Crippen molar-refractivity contribution in [3.8, 4) is 0 Å². The van der Waals surface area contributed by atoms with Gasteiger partial charge >= 0.3 is 0 Å². The fraction of sp³-hybridized carbons (Fsp3) is 0.235. The van der Waals surface area contributed by atoms with Crippen LogP contribution in [0.2, 0.25) is 0 Å². The van der Waals surface area contributed by atoms with Gasteiger partial charge in [-0.05, 0) is 57.2 Å². The Hall–Kier alpha value is -2.41. The van der Waals surface area contributed by atoms with Gasteiger partial charge in [0.2, 0.25) is 10.0 Å². The molecule has 0 heterocycles. The van der Waals surface area contributed by atoms with E-state index in [1.54, 1.807) is 26.8 Å². The predicted molar refractivity (Wildman–Crippen MR) is 93.1 cm³/mol. The molecule has 0 radical (unpaired) electrons. The average molecular weight is 350 g/mol. The zero-order valence-electron chi connectivity index (χ0n) is 13.6. The molecule has 128 valence electrons. The molecule has 2 N–H and O–H groups in total. The first-order valence-electron chi connectivity index (χ1n) is 7.28. The number of halogens is 1. The Kier molecular flexibility index (Phi) is 4.94. The summed E-state index contributed by atoms with van der Waals surface area (Å²) in [5.41, 5.74) is 0.726. The lowest BCUT2D eigenvalue weighted by molar-refractivity contribution is 0.102. The molecule has 7 heteroatoms. The zero-order chi connectivity index (χ0) is 18.0. The minimum Gasteiger partial charge on any atom is -0.319 e. The van der Waals surface area contributed by atoms with Crippen LogP contribution in [0.15, 0.2) is 48.5 Å². The number of nitrogens with one attached hydrogen (secondary N) is 2. The van der Waals surface area contributed by atoms with Gasteiger partial charge in [-0.2, -0.15) is 0 Å². The summed E-state index contributed by atoms with van der Waals surface area (Å²) in [6.45, 7) is 4.77. The van der Waals surface area contributed by atoms with E-state index in [0.29, 0.717) is 5.69 Å². The standard InChI is InChI=1S/C17H19FN2O3S/c1-17(2,3)24(22,23)20-13-10-8-12(9-11-13)16(21)19-15-7-5-4-6-14(15)18/h4-11,20H,1-3H3,(H,19,21). The molecule has 0 saturated carbocycles. The third-order valence-corrected chi connectivity index (χ3v) is 5.44. The largest absolute Gasteiger partial charge is 0.319 e. The fourth-order valence-electron chi connectivity index (χ4n) is 1.75. The van der Waals surface area contributed by atoms with Gasteiger partial charge in [0.1, 0.15) is 5.82 Å². The van der Waals surface area contributed by atoms with Crippen LogP contribution in [0.5, 0.6) is 0 Å². The van der Waals surface area contributed by atoms with Crippen molar-refractivity contribution in [1.29, 1.82) is 0 Å². The van der Waals surface area contributed by atoms with Crippen LogP contribution < -0.4 is 10.0 Å². The third kappa shape index (κ3) is 4.11. The molecule has 5 nitrogen and oxygen atoms in total. The lowest BCUT2D eigenvalue weighted by Crippen LogP contribution is -2.33. The van der Waals surface area contributed by atoms with Gasteiger partial charge in [-0.15, -0.1) is 0 Å². The predicted octanol–water partition coefficient (Wildman–Crippen LogP) is 3.62. The topological polar surface area (TPSA) is 75.3 Å². The molecule has 0 bridgehead atoms. The fourth-order valence-corrected chi connectivity index (χ4v) is 2.51. The highest BCUT2D eigenvalue weighted by Gasteiger charge is 2.28. The first-order chi connectivity index (χ1) is 11.1. The molecule has 1 amide bonds. The van der Waals surface area contributed by atoms with Crippen molar-refractivity contribution in [2.45, 2.75) is 25.5 Å². The van der Waals surface area contributed by atoms with E-state index >= 15 is 0 Å². The summed E-state index contributed by atoms with van der Waals surface area (Å²) >= 11 is 0. The normalized spacial score (nSPS) is 11.8. The molecule has 2 aromatic carbocycles. The Morgan fingerprint density at radius 1 is 1.00 bits per heavy atom. The Morgan fingerprint density at radius 2 is 1.58 bits per heavy atom. The zero-order valence-corrected chi connectivity index (χ0v) is 14.4. The number of benzene rings is 2. The van der Waals surface area contributed by atoms with Gasteiger partial charge in [0, 0.05) is 11.3 Å². The summed E-state index contributed by atoms with van der Waals surface area (Å²) in [7, 11) is -3.54. The Morgan fingerprint density at radius 3 is 2.12 bits per heavy atom. The smallest absolute Gasteiger partial charge is 0.255 e. The van der Waals surface area contributed by atoms with Crippen LogP contribution in [0.25, 0.3) is 0 Å². The van der Waals surface area contributed by atoms with Crippen molar-refractivity contribution in [3.63, 3.8) is 0 Å². The molecule has 0 aliphatic carbocycles. The van der Waals surface area contributed by atoms with Gasteiger partial charge in [-0.25, -0.2) is 12.8 Å². The van der Waals surface area contributed by atoms with Gasteiger partial charge in [0.25, 0.3) is 5.91 Å². The minimum absolute atomic E-state index is 0.0833. The van der Waals surface area contributed by atoms with Crippen LogP contribution in [0.4, 0.5) is 15.8 Å². The van der Waals surface area contributed by atoms with E-state index in [1.165, 1.54) is 42.5 Å². The molecule has 0 aliphatic heterocycles. The van der Waals surface area contributed by atoms with Crippen molar-refractivity contribution in [3.05, 3.63) is 59.9 Å². The number of sulfonamides is 1. The van der Waals surface area contributed by atoms with Gasteiger partial charge in [-0.1, -0.05) is 12.1 Å². The summed E-state index contributed by atoms with van der Waals surface area (Å²) in [5.74, 6) is -1.01. The van der Waals surface area contributed by atoms with Crippen LogP contribution in [-0.4, -0.2) is 19.1 Å². The third-order valence-electron chi connectivity index (χ3n) is 3.33. The molecule has 0 saturated heterocycles. The summed E-state index contributed by atoms with van der Waals surface area (Å²) in [5, 5.41) is 2.47. The molecule has 2 rings (SSSR count). The Bertz CT molecular complexity index is 841. The molecule has 0 aliphatic rings. The summed E-state index contributed by atoms with van der Waals surface area (Å²) in [6, 6.07) is 11.8. The highest BCUT2D eigenvalue weighted by atomic mass is 32.2. The molecule has 2 aromatic rings. The van der Waals surface area contributed by atoms with Crippen molar-refractivity contribution in [1.82, 2.24) is 0 Å². The first-order valence-corrected chi connectivity index (χ1v) is 8.77. The van der Waals surface area contributed by atoms with Gasteiger partial charge in [0.15, 0.2) is 0 Å². The molecule has 0 aromatic heterocycles. The molecule has 0 atom stereocenters. The lowest BCUT2D eigenvalue weighted by atomic mass is 10.2. The van der Waals surface area contributed by atoms with E-state index < -0.39 is 26.5 Å². The first kappa shape index (κ1) is 17.9. The number of rotatable bonds is 4. The second-order valence-electron chi connectivity index (χ2n) is 6.23. The number of carbonyl (C=O) groups is 1. The van der Waals surface area contributed by atoms with Crippen LogP contribution in [0.1, 0.15) is 31.1 Å². The number of hydrogen-bond donors (Lipinski definition) is 2. The highest BCUT2D eigenvalue weighted by Crippen LogP contribution is 2.20. The van der Waals surface area contributed by atoms with Crippen LogP contribution in [0, 0.1) is 5.82 Å². The van der Waals surface area contributed by atoms with E-state index in [-0.39, 0.29) is 11.3 Å². The van der Waals surface area contributed by atoms with E-state index in [4.69, 9.17) is 0 Å². The summed E-state index contributed by atoms with van der Waals surface area (Å²) in [6.07, 6.45) is 0. The van der Waals surface area contributed by atoms with Crippen molar-refractivity contribution >= 4 is 27.3 Å². The molecule has 24 heavy (non-hydrogen) atoms. The van der Waals surface area contributed by atoms with E-state index in [0.717, 1.165) is 0 Å². The SMILES string of the molecule is CC(C)(C)S(=O)(=O)Nc1ccc(C(=O)Nc2ccccc2F)cc1. The maximum absolute atomic E-state index is 13.5. The van der Waals surface area contributed by atoms with Crippen molar-refractivity contribution < 1.29 is 17.6 Å². The van der Waals surface area contributed by atoms with Crippen molar-refractivity contribution in [2.75, 3.05) is 10.0 Å². The summed E-state index contributed by atoms with van der Waals surface area (Å²) in [4.78, 5) is 12.1. The molecule has 0 unspecified atom stereocenters.